The first-order valence-electron chi connectivity index (χ1n) is 7.41. The zero-order chi connectivity index (χ0) is 14.4. The summed E-state index contributed by atoms with van der Waals surface area (Å²) < 4.78 is 5.40. The van der Waals surface area contributed by atoms with Crippen molar-refractivity contribution in [2.24, 2.45) is 0 Å². The lowest BCUT2D eigenvalue weighted by atomic mass is 10.1. The van der Waals surface area contributed by atoms with Crippen LogP contribution in [-0.2, 0) is 4.79 Å². The van der Waals surface area contributed by atoms with Crippen molar-refractivity contribution in [2.45, 2.75) is 51.5 Å². The Morgan fingerprint density at radius 2 is 1.90 bits per heavy atom. The fourth-order valence-corrected chi connectivity index (χ4v) is 2.75. The van der Waals surface area contributed by atoms with Gasteiger partial charge in [-0.15, -0.1) is 0 Å². The Balaban J connectivity index is 2.12. The number of amides is 1. The zero-order valence-electron chi connectivity index (χ0n) is 12.4. The maximum atomic E-state index is 11.2. The Bertz CT molecular complexity index is 452. The monoisotopic (exact) mass is 276 g/mol. The van der Waals surface area contributed by atoms with Crippen molar-refractivity contribution < 1.29 is 9.53 Å². The molecule has 4 heteroatoms. The summed E-state index contributed by atoms with van der Waals surface area (Å²) >= 11 is 0. The van der Waals surface area contributed by atoms with Crippen LogP contribution in [0, 0.1) is 0 Å². The Kier molecular flexibility index (Phi) is 5.27. The number of nitrogens with one attached hydrogen (secondary N) is 2. The van der Waals surface area contributed by atoms with Crippen molar-refractivity contribution in [1.82, 2.24) is 0 Å². The first-order chi connectivity index (χ1) is 9.69. The number of methoxy groups -OCH3 is 1. The quantitative estimate of drug-likeness (QED) is 0.823. The van der Waals surface area contributed by atoms with Crippen LogP contribution in [0.15, 0.2) is 18.2 Å². The molecule has 1 aromatic carbocycles. The second-order valence-corrected chi connectivity index (χ2v) is 5.43. The number of rotatable bonds is 4. The minimum Gasteiger partial charge on any atom is -0.495 e. The van der Waals surface area contributed by atoms with Crippen LogP contribution in [0.4, 0.5) is 11.4 Å². The second-order valence-electron chi connectivity index (χ2n) is 5.43. The van der Waals surface area contributed by atoms with Gasteiger partial charge in [-0.2, -0.15) is 0 Å². The minimum absolute atomic E-state index is 0.0596. The number of hydrogen-bond donors (Lipinski definition) is 2. The summed E-state index contributed by atoms with van der Waals surface area (Å²) in [6.45, 7) is 1.52. The summed E-state index contributed by atoms with van der Waals surface area (Å²) in [7, 11) is 1.67. The summed E-state index contributed by atoms with van der Waals surface area (Å²) in [5.74, 6) is 0.763. The zero-order valence-corrected chi connectivity index (χ0v) is 12.4. The number of carbonyl (C=O) groups excluding carboxylic acids is 1. The van der Waals surface area contributed by atoms with E-state index >= 15 is 0 Å². The molecule has 1 saturated carbocycles. The van der Waals surface area contributed by atoms with Crippen LogP contribution in [0.1, 0.15) is 45.4 Å². The van der Waals surface area contributed by atoms with Gasteiger partial charge >= 0.3 is 0 Å². The first kappa shape index (κ1) is 14.7. The Morgan fingerprint density at radius 1 is 1.20 bits per heavy atom. The number of benzene rings is 1. The fraction of sp³-hybridized carbons (Fsp3) is 0.562. The lowest BCUT2D eigenvalue weighted by molar-refractivity contribution is -0.114. The Morgan fingerprint density at radius 3 is 2.50 bits per heavy atom. The fourth-order valence-electron chi connectivity index (χ4n) is 2.75. The van der Waals surface area contributed by atoms with E-state index in [1.165, 1.54) is 45.4 Å². The predicted octanol–water partition coefficient (Wildman–Crippen LogP) is 3.79. The Hall–Kier alpha value is -1.71. The van der Waals surface area contributed by atoms with Crippen LogP contribution in [0.5, 0.6) is 5.75 Å². The van der Waals surface area contributed by atoms with Gasteiger partial charge in [0.1, 0.15) is 5.75 Å². The lowest BCUT2D eigenvalue weighted by Crippen LogP contribution is -2.19. The minimum atomic E-state index is -0.0596. The van der Waals surface area contributed by atoms with Gasteiger partial charge in [-0.25, -0.2) is 0 Å². The van der Waals surface area contributed by atoms with Crippen molar-refractivity contribution in [3.8, 4) is 5.75 Å². The second kappa shape index (κ2) is 7.17. The average Bonchev–Trinajstić information content (AvgIpc) is 2.67. The van der Waals surface area contributed by atoms with E-state index in [9.17, 15) is 4.79 Å². The van der Waals surface area contributed by atoms with Crippen molar-refractivity contribution in [1.29, 1.82) is 0 Å². The van der Waals surface area contributed by atoms with Crippen LogP contribution < -0.4 is 15.4 Å². The predicted molar refractivity (Wildman–Crippen MR) is 82.4 cm³/mol. The van der Waals surface area contributed by atoms with Gasteiger partial charge in [0.25, 0.3) is 0 Å². The van der Waals surface area contributed by atoms with Crippen LogP contribution in [0.2, 0.25) is 0 Å². The SMILES string of the molecule is COc1ccc(NC(C)=O)cc1NC1CCCCCC1. The van der Waals surface area contributed by atoms with Gasteiger partial charge in [0.2, 0.25) is 5.91 Å². The molecule has 0 bridgehead atoms. The first-order valence-corrected chi connectivity index (χ1v) is 7.41. The van der Waals surface area contributed by atoms with E-state index < -0.39 is 0 Å². The molecule has 20 heavy (non-hydrogen) atoms. The van der Waals surface area contributed by atoms with Gasteiger partial charge in [0.15, 0.2) is 0 Å². The van der Waals surface area contributed by atoms with Crippen molar-refractivity contribution in [2.75, 3.05) is 17.7 Å². The number of carbonyl (C=O) groups is 1. The Labute approximate surface area is 120 Å². The maximum absolute atomic E-state index is 11.2. The lowest BCUT2D eigenvalue weighted by Gasteiger charge is -2.20. The molecule has 1 aliphatic carbocycles. The molecule has 2 N–H and O–H groups in total. The molecule has 1 aromatic rings. The van der Waals surface area contributed by atoms with Crippen molar-refractivity contribution >= 4 is 17.3 Å². The third-order valence-corrected chi connectivity index (χ3v) is 3.73. The number of hydrogen-bond acceptors (Lipinski definition) is 3. The van der Waals surface area contributed by atoms with Crippen LogP contribution in [-0.4, -0.2) is 19.1 Å². The highest BCUT2D eigenvalue weighted by Gasteiger charge is 2.14. The smallest absolute Gasteiger partial charge is 0.221 e. The van der Waals surface area contributed by atoms with Crippen LogP contribution in [0.3, 0.4) is 0 Å². The largest absolute Gasteiger partial charge is 0.495 e. The van der Waals surface area contributed by atoms with E-state index in [-0.39, 0.29) is 5.91 Å². The van der Waals surface area contributed by atoms with Gasteiger partial charge in [-0.05, 0) is 31.0 Å². The number of anilines is 2. The highest BCUT2D eigenvalue weighted by molar-refractivity contribution is 5.89. The molecule has 0 aliphatic heterocycles. The normalized spacial score (nSPS) is 16.3. The number of ether oxygens (including phenoxy) is 1. The molecule has 1 aliphatic rings. The topological polar surface area (TPSA) is 50.4 Å². The molecule has 4 nitrogen and oxygen atoms in total. The molecular formula is C16H24N2O2. The van der Waals surface area contributed by atoms with Crippen LogP contribution >= 0.6 is 0 Å². The standard InChI is InChI=1S/C16H24N2O2/c1-12(19)17-14-9-10-16(20-2)15(11-14)18-13-7-5-3-4-6-8-13/h9-11,13,18H,3-8H2,1-2H3,(H,17,19). The molecule has 1 fully saturated rings. The van der Waals surface area contributed by atoms with Gasteiger partial charge in [-0.1, -0.05) is 25.7 Å². The van der Waals surface area contributed by atoms with E-state index in [4.69, 9.17) is 4.74 Å². The molecule has 0 aromatic heterocycles. The van der Waals surface area contributed by atoms with Crippen molar-refractivity contribution in [3.05, 3.63) is 18.2 Å². The molecule has 2 rings (SSSR count). The van der Waals surface area contributed by atoms with Gasteiger partial charge in [0.05, 0.1) is 12.8 Å². The molecule has 0 radical (unpaired) electrons. The third-order valence-electron chi connectivity index (χ3n) is 3.73. The van der Waals surface area contributed by atoms with Gasteiger partial charge < -0.3 is 15.4 Å². The van der Waals surface area contributed by atoms with Gasteiger partial charge in [0, 0.05) is 18.7 Å². The summed E-state index contributed by atoms with van der Waals surface area (Å²) in [6, 6.07) is 6.20. The molecule has 0 atom stereocenters. The molecule has 0 unspecified atom stereocenters. The summed E-state index contributed by atoms with van der Waals surface area (Å²) in [5, 5.41) is 6.39. The van der Waals surface area contributed by atoms with E-state index in [0.29, 0.717) is 6.04 Å². The third kappa shape index (κ3) is 4.15. The van der Waals surface area contributed by atoms with E-state index in [0.717, 1.165) is 17.1 Å². The highest BCUT2D eigenvalue weighted by Crippen LogP contribution is 2.30. The van der Waals surface area contributed by atoms with Crippen molar-refractivity contribution in [3.63, 3.8) is 0 Å². The summed E-state index contributed by atoms with van der Waals surface area (Å²) in [5.41, 5.74) is 1.76. The molecular weight excluding hydrogens is 252 g/mol. The van der Waals surface area contributed by atoms with E-state index in [1.54, 1.807) is 7.11 Å². The maximum Gasteiger partial charge on any atom is 0.221 e. The molecule has 0 spiro atoms. The summed E-state index contributed by atoms with van der Waals surface area (Å²) in [6.07, 6.45) is 7.64. The molecule has 110 valence electrons. The van der Waals surface area contributed by atoms with Gasteiger partial charge in [-0.3, -0.25) is 4.79 Å². The van der Waals surface area contributed by atoms with E-state index in [1.807, 2.05) is 18.2 Å². The molecule has 0 heterocycles. The molecule has 1 amide bonds. The average molecular weight is 276 g/mol. The molecule has 0 saturated heterocycles. The highest BCUT2D eigenvalue weighted by atomic mass is 16.5. The summed E-state index contributed by atoms with van der Waals surface area (Å²) in [4.78, 5) is 11.2. The van der Waals surface area contributed by atoms with Crippen LogP contribution in [0.25, 0.3) is 0 Å². The van der Waals surface area contributed by atoms with E-state index in [2.05, 4.69) is 10.6 Å².